The van der Waals surface area contributed by atoms with Gasteiger partial charge in [-0.3, -0.25) is 0 Å². The molecule has 1 fully saturated rings. The summed E-state index contributed by atoms with van der Waals surface area (Å²) in [6.07, 6.45) is 8.05. The van der Waals surface area contributed by atoms with Crippen LogP contribution in [0.3, 0.4) is 0 Å². The van der Waals surface area contributed by atoms with E-state index < -0.39 is 11.2 Å². The molecule has 0 saturated heterocycles. The van der Waals surface area contributed by atoms with Gasteiger partial charge in [0.25, 0.3) is 0 Å². The molecule has 1 aliphatic carbocycles. The molecule has 0 radical (unpaired) electrons. The maximum absolute atomic E-state index is 9.95. The predicted molar refractivity (Wildman–Crippen MR) is 53.5 cm³/mol. The molecule has 1 atom stereocenters. The van der Waals surface area contributed by atoms with Crippen molar-refractivity contribution < 1.29 is 10.2 Å². The highest BCUT2D eigenvalue weighted by Gasteiger charge is 2.28. The highest BCUT2D eigenvalue weighted by molar-refractivity contribution is 5.09. The van der Waals surface area contributed by atoms with E-state index in [1.807, 2.05) is 6.92 Å². The van der Waals surface area contributed by atoms with Gasteiger partial charge in [-0.25, -0.2) is 0 Å². The van der Waals surface area contributed by atoms with Gasteiger partial charge in [-0.1, -0.05) is 31.9 Å². The van der Waals surface area contributed by atoms with E-state index in [1.165, 1.54) is 0 Å². The fraction of sp³-hybridized carbons (Fsp3) is 0.818. The van der Waals surface area contributed by atoms with Crippen LogP contribution in [0.4, 0.5) is 0 Å². The third-order valence-electron chi connectivity index (χ3n) is 2.94. The average Bonchev–Trinajstić information content (AvgIpc) is 2.50. The predicted octanol–water partition coefficient (Wildman–Crippen LogP) is 2.01. The molecule has 2 nitrogen and oxygen atoms in total. The molecule has 2 N–H and O–H groups in total. The van der Waals surface area contributed by atoms with Gasteiger partial charge in [-0.2, -0.15) is 0 Å². The monoisotopic (exact) mass is 184 g/mol. The summed E-state index contributed by atoms with van der Waals surface area (Å²) in [6, 6.07) is 0. The first kappa shape index (κ1) is 10.7. The lowest BCUT2D eigenvalue weighted by molar-refractivity contribution is 0.0847. The van der Waals surface area contributed by atoms with E-state index in [2.05, 4.69) is 0 Å². The van der Waals surface area contributed by atoms with Crippen LogP contribution in [0.1, 0.15) is 46.0 Å². The molecule has 1 unspecified atom stereocenters. The molecule has 0 spiro atoms. The highest BCUT2D eigenvalue weighted by atomic mass is 16.3. The lowest BCUT2D eigenvalue weighted by Crippen LogP contribution is -2.25. The molecule has 2 heteroatoms. The minimum absolute atomic E-state index is 0.640. The lowest BCUT2D eigenvalue weighted by atomic mass is 9.96. The first-order valence-corrected chi connectivity index (χ1v) is 5.13. The minimum atomic E-state index is -0.766. The van der Waals surface area contributed by atoms with Crippen molar-refractivity contribution in [3.05, 3.63) is 12.2 Å². The van der Waals surface area contributed by atoms with E-state index in [9.17, 15) is 10.2 Å². The van der Waals surface area contributed by atoms with Gasteiger partial charge >= 0.3 is 0 Å². The number of rotatable bonds is 3. The van der Waals surface area contributed by atoms with Gasteiger partial charge in [-0.15, -0.1) is 0 Å². The Labute approximate surface area is 80.3 Å². The van der Waals surface area contributed by atoms with Crippen LogP contribution >= 0.6 is 0 Å². The van der Waals surface area contributed by atoms with Gasteiger partial charge in [0.2, 0.25) is 0 Å². The van der Waals surface area contributed by atoms with Crippen LogP contribution in [0.15, 0.2) is 12.2 Å². The molecular formula is C11H20O2. The number of hydrogen-bond donors (Lipinski definition) is 2. The van der Waals surface area contributed by atoms with Crippen LogP contribution in [0, 0.1) is 0 Å². The Kier molecular flexibility index (Phi) is 3.14. The van der Waals surface area contributed by atoms with Crippen molar-refractivity contribution in [3.63, 3.8) is 0 Å². The molecule has 1 rings (SSSR count). The summed E-state index contributed by atoms with van der Waals surface area (Å²) < 4.78 is 0. The molecule has 0 aromatic carbocycles. The second-order valence-electron chi connectivity index (χ2n) is 4.35. The van der Waals surface area contributed by atoms with Crippen molar-refractivity contribution in [2.75, 3.05) is 0 Å². The van der Waals surface area contributed by atoms with Gasteiger partial charge in [0.15, 0.2) is 0 Å². The summed E-state index contributed by atoms with van der Waals surface area (Å²) in [5, 5.41) is 19.7. The first-order chi connectivity index (χ1) is 5.97. The van der Waals surface area contributed by atoms with Gasteiger partial charge in [0.05, 0.1) is 11.2 Å². The third kappa shape index (κ3) is 3.12. The van der Waals surface area contributed by atoms with E-state index >= 15 is 0 Å². The summed E-state index contributed by atoms with van der Waals surface area (Å²) in [4.78, 5) is 0. The van der Waals surface area contributed by atoms with Gasteiger partial charge in [0, 0.05) is 0 Å². The Bertz CT molecular complexity index is 188. The smallest absolute Gasteiger partial charge is 0.0828 e. The van der Waals surface area contributed by atoms with Crippen LogP contribution in [-0.2, 0) is 0 Å². The Hall–Kier alpha value is -0.340. The fourth-order valence-corrected chi connectivity index (χ4v) is 1.61. The molecule has 1 saturated carbocycles. The molecule has 76 valence electrons. The van der Waals surface area contributed by atoms with Gasteiger partial charge < -0.3 is 10.2 Å². The van der Waals surface area contributed by atoms with E-state index in [-0.39, 0.29) is 0 Å². The Morgan fingerprint density at radius 1 is 1.38 bits per heavy atom. The van der Waals surface area contributed by atoms with Crippen LogP contribution in [0.25, 0.3) is 0 Å². The average molecular weight is 184 g/mol. The molecule has 0 aliphatic heterocycles. The Morgan fingerprint density at radius 3 is 2.38 bits per heavy atom. The maximum Gasteiger partial charge on any atom is 0.0828 e. The topological polar surface area (TPSA) is 40.5 Å². The highest BCUT2D eigenvalue weighted by Crippen LogP contribution is 2.31. The molecule has 0 aromatic heterocycles. The standard InChI is InChI=1S/C11H20O2/c1-3-10(2,12)8-9-11(13)6-4-5-7-11/h8-9,12-13H,3-7H2,1-2H3/b9-8+. The molecule has 13 heavy (non-hydrogen) atoms. The molecule has 0 bridgehead atoms. The lowest BCUT2D eigenvalue weighted by Gasteiger charge is -2.21. The fourth-order valence-electron chi connectivity index (χ4n) is 1.61. The van der Waals surface area contributed by atoms with Crippen molar-refractivity contribution in [1.82, 2.24) is 0 Å². The SMILES string of the molecule is CCC(C)(O)/C=C/C1(O)CCCC1. The maximum atomic E-state index is 9.95. The van der Waals surface area contributed by atoms with E-state index in [4.69, 9.17) is 0 Å². The summed E-state index contributed by atoms with van der Waals surface area (Å²) in [5.74, 6) is 0. The second kappa shape index (κ2) is 3.81. The third-order valence-corrected chi connectivity index (χ3v) is 2.94. The minimum Gasteiger partial charge on any atom is -0.386 e. The summed E-state index contributed by atoms with van der Waals surface area (Å²) in [7, 11) is 0. The second-order valence-corrected chi connectivity index (χ2v) is 4.35. The molecule has 0 amide bonds. The zero-order valence-corrected chi connectivity index (χ0v) is 8.58. The molecule has 0 aromatic rings. The largest absolute Gasteiger partial charge is 0.386 e. The molecule has 1 aliphatic rings. The van der Waals surface area contributed by atoms with E-state index in [0.29, 0.717) is 6.42 Å². The number of hydrogen-bond acceptors (Lipinski definition) is 2. The van der Waals surface area contributed by atoms with Crippen molar-refractivity contribution in [3.8, 4) is 0 Å². The van der Waals surface area contributed by atoms with E-state index in [0.717, 1.165) is 25.7 Å². The Balaban J connectivity index is 2.56. The van der Waals surface area contributed by atoms with Gasteiger partial charge in [-0.05, 0) is 26.2 Å². The van der Waals surface area contributed by atoms with Crippen molar-refractivity contribution in [2.45, 2.75) is 57.2 Å². The first-order valence-electron chi connectivity index (χ1n) is 5.13. The summed E-state index contributed by atoms with van der Waals surface area (Å²) in [5.41, 5.74) is -1.41. The van der Waals surface area contributed by atoms with Crippen molar-refractivity contribution >= 4 is 0 Å². The van der Waals surface area contributed by atoms with Crippen LogP contribution in [0.5, 0.6) is 0 Å². The normalized spacial score (nSPS) is 26.5. The zero-order chi connectivity index (χ0) is 9.95. The number of aliphatic hydroxyl groups is 2. The quantitative estimate of drug-likeness (QED) is 0.659. The van der Waals surface area contributed by atoms with Crippen molar-refractivity contribution in [2.24, 2.45) is 0 Å². The Morgan fingerprint density at radius 2 is 1.92 bits per heavy atom. The van der Waals surface area contributed by atoms with Gasteiger partial charge in [0.1, 0.15) is 0 Å². The molecular weight excluding hydrogens is 164 g/mol. The van der Waals surface area contributed by atoms with Crippen molar-refractivity contribution in [1.29, 1.82) is 0 Å². The van der Waals surface area contributed by atoms with Crippen LogP contribution in [0.2, 0.25) is 0 Å². The van der Waals surface area contributed by atoms with Crippen LogP contribution < -0.4 is 0 Å². The summed E-state index contributed by atoms with van der Waals surface area (Å²) >= 11 is 0. The van der Waals surface area contributed by atoms with E-state index in [1.54, 1.807) is 19.1 Å². The zero-order valence-electron chi connectivity index (χ0n) is 8.58. The molecule has 0 heterocycles. The van der Waals surface area contributed by atoms with Crippen LogP contribution in [-0.4, -0.2) is 21.4 Å². The summed E-state index contributed by atoms with van der Waals surface area (Å²) in [6.45, 7) is 3.70.